The first-order chi connectivity index (χ1) is 8.24. The predicted molar refractivity (Wildman–Crippen MR) is 78.6 cm³/mol. The molecule has 2 unspecified atom stereocenters. The Bertz CT molecular complexity index is 256. The van der Waals surface area contributed by atoms with Gasteiger partial charge >= 0.3 is 0 Å². The van der Waals surface area contributed by atoms with E-state index in [1.54, 1.807) is 5.57 Å². The van der Waals surface area contributed by atoms with Crippen LogP contribution >= 0.6 is 11.8 Å². The van der Waals surface area contributed by atoms with Gasteiger partial charge in [-0.25, -0.2) is 0 Å². The maximum Gasteiger partial charge on any atom is -0.00171 e. The highest BCUT2D eigenvalue weighted by Gasteiger charge is 2.18. The molecule has 17 heavy (non-hydrogen) atoms. The Kier molecular flexibility index (Phi) is 5.43. The summed E-state index contributed by atoms with van der Waals surface area (Å²) < 4.78 is 0. The van der Waals surface area contributed by atoms with E-state index in [-0.39, 0.29) is 0 Å². The fourth-order valence-electron chi connectivity index (χ4n) is 3.28. The molecule has 2 aliphatic rings. The largest absolute Gasteiger partial charge is 0.316 e. The molecule has 2 atom stereocenters. The van der Waals surface area contributed by atoms with Crippen LogP contribution in [0.25, 0.3) is 0 Å². The topological polar surface area (TPSA) is 12.0 Å². The van der Waals surface area contributed by atoms with E-state index < -0.39 is 0 Å². The number of hydrogen-bond acceptors (Lipinski definition) is 2. The van der Waals surface area contributed by atoms with Crippen LogP contribution < -0.4 is 5.32 Å². The molecule has 2 rings (SSSR count). The number of thioether (sulfide) groups is 1. The predicted octanol–water partition coefficient (Wildman–Crippen LogP) is 3.71. The average Bonchev–Trinajstić information content (AvgIpc) is 2.29. The van der Waals surface area contributed by atoms with Crippen molar-refractivity contribution in [1.29, 1.82) is 0 Å². The Labute approximate surface area is 111 Å². The molecule has 0 amide bonds. The van der Waals surface area contributed by atoms with Gasteiger partial charge in [-0.15, -0.1) is 0 Å². The molecule has 0 aromatic carbocycles. The lowest BCUT2D eigenvalue weighted by atomic mass is 9.83. The van der Waals surface area contributed by atoms with Crippen LogP contribution in [0, 0.1) is 17.8 Å². The second kappa shape index (κ2) is 6.84. The maximum atomic E-state index is 3.73. The standard InChI is InChI=1S/C15H27NS/c1-12-7-13(2)9-15(8-12)11-16-10-14-3-5-17-6-4-14/h7,12,14-16H,3-6,8-11H2,1-2H3. The highest BCUT2D eigenvalue weighted by atomic mass is 32.2. The molecular weight excluding hydrogens is 226 g/mol. The monoisotopic (exact) mass is 253 g/mol. The van der Waals surface area contributed by atoms with Gasteiger partial charge in [-0.2, -0.15) is 11.8 Å². The van der Waals surface area contributed by atoms with Crippen molar-refractivity contribution < 1.29 is 0 Å². The minimum Gasteiger partial charge on any atom is -0.316 e. The molecule has 0 aromatic heterocycles. The van der Waals surface area contributed by atoms with Gasteiger partial charge in [0, 0.05) is 0 Å². The molecule has 0 bridgehead atoms. The van der Waals surface area contributed by atoms with E-state index in [1.807, 2.05) is 0 Å². The molecule has 0 radical (unpaired) electrons. The molecule has 0 saturated carbocycles. The Morgan fingerprint density at radius 1 is 1.24 bits per heavy atom. The normalized spacial score (nSPS) is 31.3. The van der Waals surface area contributed by atoms with Gasteiger partial charge in [0.15, 0.2) is 0 Å². The van der Waals surface area contributed by atoms with Crippen molar-refractivity contribution in [3.8, 4) is 0 Å². The van der Waals surface area contributed by atoms with Gasteiger partial charge in [0.1, 0.15) is 0 Å². The van der Waals surface area contributed by atoms with Gasteiger partial charge in [-0.3, -0.25) is 0 Å². The molecule has 98 valence electrons. The van der Waals surface area contributed by atoms with Gasteiger partial charge in [0.25, 0.3) is 0 Å². The third-order valence-corrected chi connectivity index (χ3v) is 5.14. The summed E-state index contributed by atoms with van der Waals surface area (Å²) in [4.78, 5) is 0. The first kappa shape index (κ1) is 13.5. The van der Waals surface area contributed by atoms with E-state index in [0.29, 0.717) is 0 Å². The molecule has 1 nitrogen and oxygen atoms in total. The third kappa shape index (κ3) is 4.67. The number of nitrogens with one attached hydrogen (secondary N) is 1. The summed E-state index contributed by atoms with van der Waals surface area (Å²) >= 11 is 2.13. The van der Waals surface area contributed by atoms with Crippen LogP contribution in [-0.4, -0.2) is 24.6 Å². The zero-order valence-electron chi connectivity index (χ0n) is 11.4. The molecule has 1 fully saturated rings. The third-order valence-electron chi connectivity index (χ3n) is 4.09. The van der Waals surface area contributed by atoms with E-state index >= 15 is 0 Å². The Balaban J connectivity index is 1.63. The minimum absolute atomic E-state index is 0.793. The van der Waals surface area contributed by atoms with Gasteiger partial charge in [-0.1, -0.05) is 18.6 Å². The lowest BCUT2D eigenvalue weighted by molar-refractivity contribution is 0.359. The van der Waals surface area contributed by atoms with E-state index in [4.69, 9.17) is 0 Å². The van der Waals surface area contributed by atoms with Crippen molar-refractivity contribution in [1.82, 2.24) is 5.32 Å². The van der Waals surface area contributed by atoms with Crippen LogP contribution in [0.15, 0.2) is 11.6 Å². The molecule has 1 aliphatic carbocycles. The number of rotatable bonds is 4. The lowest BCUT2D eigenvalue weighted by Crippen LogP contribution is -2.31. The SMILES string of the molecule is CC1=CC(C)CC(CNCC2CCSCC2)C1. The lowest BCUT2D eigenvalue weighted by Gasteiger charge is -2.27. The highest BCUT2D eigenvalue weighted by molar-refractivity contribution is 7.99. The van der Waals surface area contributed by atoms with Crippen molar-refractivity contribution in [2.45, 2.75) is 39.5 Å². The van der Waals surface area contributed by atoms with E-state index in [9.17, 15) is 0 Å². The van der Waals surface area contributed by atoms with Crippen LogP contribution in [0.5, 0.6) is 0 Å². The summed E-state index contributed by atoms with van der Waals surface area (Å²) in [6, 6.07) is 0. The molecule has 1 heterocycles. The first-order valence-corrected chi connectivity index (χ1v) is 8.35. The summed E-state index contributed by atoms with van der Waals surface area (Å²) in [5.74, 6) is 5.40. The second-order valence-electron chi connectivity index (χ2n) is 6.01. The summed E-state index contributed by atoms with van der Waals surface area (Å²) in [6.07, 6.45) is 8.01. The first-order valence-electron chi connectivity index (χ1n) is 7.20. The Morgan fingerprint density at radius 2 is 1.94 bits per heavy atom. The van der Waals surface area contributed by atoms with Crippen LogP contribution in [0.3, 0.4) is 0 Å². The van der Waals surface area contributed by atoms with Crippen LogP contribution in [0.1, 0.15) is 39.5 Å². The smallest absolute Gasteiger partial charge is 0.00171 e. The number of allylic oxidation sites excluding steroid dienone is 2. The van der Waals surface area contributed by atoms with Gasteiger partial charge < -0.3 is 5.32 Å². The molecular formula is C15H27NS. The van der Waals surface area contributed by atoms with Crippen molar-refractivity contribution in [3.05, 3.63) is 11.6 Å². The van der Waals surface area contributed by atoms with Crippen LogP contribution in [-0.2, 0) is 0 Å². The summed E-state index contributed by atoms with van der Waals surface area (Å²) in [6.45, 7) is 7.14. The fraction of sp³-hybridized carbons (Fsp3) is 0.867. The summed E-state index contributed by atoms with van der Waals surface area (Å²) in [7, 11) is 0. The van der Waals surface area contributed by atoms with Crippen molar-refractivity contribution >= 4 is 11.8 Å². The number of hydrogen-bond donors (Lipinski definition) is 1. The molecule has 1 saturated heterocycles. The second-order valence-corrected chi connectivity index (χ2v) is 7.23. The van der Waals surface area contributed by atoms with Crippen molar-refractivity contribution in [2.24, 2.45) is 17.8 Å². The van der Waals surface area contributed by atoms with Crippen molar-refractivity contribution in [3.63, 3.8) is 0 Å². The molecule has 1 N–H and O–H groups in total. The van der Waals surface area contributed by atoms with Gasteiger partial charge in [-0.05, 0) is 75.0 Å². The maximum absolute atomic E-state index is 3.73. The Hall–Kier alpha value is 0.0500. The Morgan fingerprint density at radius 3 is 2.65 bits per heavy atom. The zero-order valence-corrected chi connectivity index (χ0v) is 12.2. The minimum atomic E-state index is 0.793. The van der Waals surface area contributed by atoms with Crippen LogP contribution in [0.4, 0.5) is 0 Å². The summed E-state index contributed by atoms with van der Waals surface area (Å²) in [5, 5.41) is 3.73. The van der Waals surface area contributed by atoms with E-state index in [2.05, 4.69) is 37.0 Å². The summed E-state index contributed by atoms with van der Waals surface area (Å²) in [5.41, 5.74) is 1.60. The quantitative estimate of drug-likeness (QED) is 0.767. The molecule has 2 heteroatoms. The highest BCUT2D eigenvalue weighted by Crippen LogP contribution is 2.27. The van der Waals surface area contributed by atoms with E-state index in [0.717, 1.165) is 17.8 Å². The van der Waals surface area contributed by atoms with Crippen LogP contribution in [0.2, 0.25) is 0 Å². The molecule has 1 aliphatic heterocycles. The molecule has 0 aromatic rings. The van der Waals surface area contributed by atoms with Gasteiger partial charge in [0.05, 0.1) is 0 Å². The van der Waals surface area contributed by atoms with E-state index in [1.165, 1.54) is 50.3 Å². The average molecular weight is 253 g/mol. The van der Waals surface area contributed by atoms with Crippen molar-refractivity contribution in [2.75, 3.05) is 24.6 Å². The fourth-order valence-corrected chi connectivity index (χ4v) is 4.49. The molecule has 0 spiro atoms. The zero-order chi connectivity index (χ0) is 12.1. The van der Waals surface area contributed by atoms with Gasteiger partial charge in [0.2, 0.25) is 0 Å².